The molecule has 1 fully saturated rings. The molecular weight excluding hydrogens is 260 g/mol. The molecule has 2 N–H and O–H groups in total. The second-order valence-corrected chi connectivity index (χ2v) is 7.49. The van der Waals surface area contributed by atoms with Crippen molar-refractivity contribution < 1.29 is 8.42 Å². The summed E-state index contributed by atoms with van der Waals surface area (Å²) in [4.78, 5) is 1.79. The van der Waals surface area contributed by atoms with Gasteiger partial charge in [0.2, 0.25) is 0 Å². The summed E-state index contributed by atoms with van der Waals surface area (Å²) in [6.07, 6.45) is 2.95. The van der Waals surface area contributed by atoms with Gasteiger partial charge in [-0.1, -0.05) is 0 Å². The van der Waals surface area contributed by atoms with Gasteiger partial charge in [-0.15, -0.1) is 0 Å². The van der Waals surface area contributed by atoms with Crippen LogP contribution in [0.5, 0.6) is 0 Å². The van der Waals surface area contributed by atoms with Crippen molar-refractivity contribution in [1.29, 1.82) is 0 Å². The zero-order chi connectivity index (χ0) is 12.6. The van der Waals surface area contributed by atoms with Gasteiger partial charge >= 0.3 is 0 Å². The molecule has 8 heteroatoms. The molecule has 1 atom stereocenters. The van der Waals surface area contributed by atoms with Crippen LogP contribution in [0.1, 0.15) is 0 Å². The fraction of sp³-hybridized carbons (Fsp3) is 0.667. The lowest BCUT2D eigenvalue weighted by Crippen LogP contribution is -2.47. The van der Waals surface area contributed by atoms with Crippen LogP contribution in [-0.2, 0) is 16.9 Å². The van der Waals surface area contributed by atoms with Crippen molar-refractivity contribution in [1.82, 2.24) is 9.78 Å². The number of rotatable bonds is 2. The summed E-state index contributed by atoms with van der Waals surface area (Å²) >= 11 is 1.64. The van der Waals surface area contributed by atoms with Gasteiger partial charge in [0, 0.05) is 37.6 Å². The summed E-state index contributed by atoms with van der Waals surface area (Å²) in [5.74, 6) is 2.03. The Morgan fingerprint density at radius 3 is 2.82 bits per heavy atom. The van der Waals surface area contributed by atoms with Gasteiger partial charge in [-0.05, 0) is 0 Å². The first-order valence-corrected chi connectivity index (χ1v) is 8.33. The molecular formula is C9H16N4O2S2. The Morgan fingerprint density at radius 2 is 2.29 bits per heavy atom. The van der Waals surface area contributed by atoms with Gasteiger partial charge in [0.05, 0.1) is 5.69 Å². The predicted octanol–water partition coefficient (Wildman–Crippen LogP) is -0.0738. The normalized spacial score (nSPS) is 21.8. The monoisotopic (exact) mass is 276 g/mol. The highest BCUT2D eigenvalue weighted by Crippen LogP contribution is 2.29. The summed E-state index contributed by atoms with van der Waals surface area (Å²) < 4.78 is 25.1. The minimum Gasteiger partial charge on any atom is -0.394 e. The van der Waals surface area contributed by atoms with Crippen LogP contribution < -0.4 is 10.6 Å². The fourth-order valence-electron chi connectivity index (χ4n) is 1.90. The Bertz CT molecular complexity index is 511. The van der Waals surface area contributed by atoms with Crippen molar-refractivity contribution in [2.75, 3.05) is 34.9 Å². The highest BCUT2D eigenvalue weighted by atomic mass is 32.2. The summed E-state index contributed by atoms with van der Waals surface area (Å²) in [5.41, 5.74) is 6.37. The summed E-state index contributed by atoms with van der Waals surface area (Å²) in [6.45, 7) is 0.656. The summed E-state index contributed by atoms with van der Waals surface area (Å²) in [6, 6.07) is 0. The first-order valence-electron chi connectivity index (χ1n) is 5.22. The quantitative estimate of drug-likeness (QED) is 0.814. The van der Waals surface area contributed by atoms with Crippen LogP contribution >= 0.6 is 11.8 Å². The average Bonchev–Trinajstić information content (AvgIpc) is 2.56. The van der Waals surface area contributed by atoms with Gasteiger partial charge in [0.25, 0.3) is 0 Å². The molecule has 2 rings (SSSR count). The van der Waals surface area contributed by atoms with E-state index in [1.807, 2.05) is 0 Å². The number of thioether (sulfide) groups is 1. The van der Waals surface area contributed by atoms with Gasteiger partial charge in [0.1, 0.15) is 5.37 Å². The first-order chi connectivity index (χ1) is 7.89. The van der Waals surface area contributed by atoms with Gasteiger partial charge in [-0.3, -0.25) is 4.68 Å². The number of nitrogens with two attached hydrogens (primary N) is 1. The van der Waals surface area contributed by atoms with Crippen LogP contribution in [0.3, 0.4) is 0 Å². The van der Waals surface area contributed by atoms with E-state index in [1.165, 1.54) is 6.26 Å². The largest absolute Gasteiger partial charge is 0.394 e. The maximum atomic E-state index is 11.8. The third-order valence-corrected chi connectivity index (χ3v) is 5.33. The summed E-state index contributed by atoms with van der Waals surface area (Å²) in [7, 11) is -1.36. The lowest BCUT2D eigenvalue weighted by molar-refractivity contribution is 0.583. The topological polar surface area (TPSA) is 81.2 Å². The Labute approximate surface area is 105 Å². The standard InChI is InChI=1S/C9H16N4O2S2/c1-12-5-7(10)9(11-12)13-3-4-16-6-8(13)17(2,14)15/h5,8H,3-4,6,10H2,1-2H3. The molecule has 1 aliphatic rings. The van der Waals surface area contributed by atoms with Crippen LogP contribution in [-0.4, -0.2) is 47.9 Å². The number of anilines is 2. The molecule has 0 amide bonds. The number of aryl methyl sites for hydroxylation is 1. The van der Waals surface area contributed by atoms with E-state index in [-0.39, 0.29) is 0 Å². The van der Waals surface area contributed by atoms with Crippen molar-refractivity contribution >= 4 is 33.1 Å². The van der Waals surface area contributed by atoms with E-state index in [2.05, 4.69) is 5.10 Å². The Kier molecular flexibility index (Phi) is 3.26. The molecule has 0 spiro atoms. The molecule has 1 aromatic rings. The van der Waals surface area contributed by atoms with Crippen molar-refractivity contribution in [3.63, 3.8) is 0 Å². The maximum Gasteiger partial charge on any atom is 0.174 e. The second kappa shape index (κ2) is 4.41. The Balaban J connectivity index is 2.38. The number of nitrogens with zero attached hydrogens (tertiary/aromatic N) is 3. The van der Waals surface area contributed by atoms with Crippen LogP contribution in [0, 0.1) is 0 Å². The van der Waals surface area contributed by atoms with E-state index in [1.54, 1.807) is 34.6 Å². The van der Waals surface area contributed by atoms with Crippen molar-refractivity contribution in [3.05, 3.63) is 6.20 Å². The Morgan fingerprint density at radius 1 is 1.59 bits per heavy atom. The first kappa shape index (κ1) is 12.6. The molecule has 1 aliphatic heterocycles. The second-order valence-electron chi connectivity index (χ2n) is 4.13. The van der Waals surface area contributed by atoms with Gasteiger partial charge in [-0.2, -0.15) is 16.9 Å². The fourth-order valence-corrected chi connectivity index (χ4v) is 4.72. The Hall–Kier alpha value is -0.890. The number of aromatic nitrogens is 2. The average molecular weight is 276 g/mol. The van der Waals surface area contributed by atoms with Crippen molar-refractivity contribution in [2.24, 2.45) is 7.05 Å². The number of hydrogen-bond donors (Lipinski definition) is 1. The molecule has 0 saturated carbocycles. The van der Waals surface area contributed by atoms with E-state index >= 15 is 0 Å². The van der Waals surface area contributed by atoms with E-state index < -0.39 is 15.2 Å². The highest BCUT2D eigenvalue weighted by molar-refractivity contribution is 8.01. The number of sulfone groups is 1. The molecule has 0 bridgehead atoms. The van der Waals surface area contributed by atoms with E-state index in [4.69, 9.17) is 5.73 Å². The molecule has 17 heavy (non-hydrogen) atoms. The van der Waals surface area contributed by atoms with Crippen LogP contribution in [0.25, 0.3) is 0 Å². The maximum absolute atomic E-state index is 11.8. The minimum absolute atomic E-state index is 0.521. The van der Waals surface area contributed by atoms with E-state index in [0.717, 1.165) is 5.75 Å². The van der Waals surface area contributed by atoms with Crippen LogP contribution in [0.2, 0.25) is 0 Å². The van der Waals surface area contributed by atoms with E-state index in [0.29, 0.717) is 23.8 Å². The lowest BCUT2D eigenvalue weighted by atomic mass is 10.4. The molecule has 1 saturated heterocycles. The molecule has 0 radical (unpaired) electrons. The molecule has 6 nitrogen and oxygen atoms in total. The number of nitrogen functional groups attached to an aromatic ring is 1. The van der Waals surface area contributed by atoms with Gasteiger partial charge in [0.15, 0.2) is 15.7 Å². The molecule has 1 aromatic heterocycles. The zero-order valence-electron chi connectivity index (χ0n) is 9.83. The van der Waals surface area contributed by atoms with E-state index in [9.17, 15) is 8.42 Å². The van der Waals surface area contributed by atoms with Gasteiger partial charge in [-0.25, -0.2) is 8.42 Å². The van der Waals surface area contributed by atoms with Crippen LogP contribution in [0.4, 0.5) is 11.5 Å². The molecule has 96 valence electrons. The SMILES string of the molecule is Cn1cc(N)c(N2CCSCC2S(C)(=O)=O)n1. The molecule has 2 heterocycles. The molecule has 0 aliphatic carbocycles. The highest BCUT2D eigenvalue weighted by Gasteiger charge is 2.33. The predicted molar refractivity (Wildman–Crippen MR) is 70.9 cm³/mol. The van der Waals surface area contributed by atoms with Crippen molar-refractivity contribution in [3.8, 4) is 0 Å². The smallest absolute Gasteiger partial charge is 0.174 e. The van der Waals surface area contributed by atoms with Crippen molar-refractivity contribution in [2.45, 2.75) is 5.37 Å². The summed E-state index contributed by atoms with van der Waals surface area (Å²) in [5, 5.41) is 3.71. The third-order valence-electron chi connectivity index (χ3n) is 2.69. The van der Waals surface area contributed by atoms with Crippen LogP contribution in [0.15, 0.2) is 6.20 Å². The zero-order valence-corrected chi connectivity index (χ0v) is 11.5. The minimum atomic E-state index is -3.13. The molecule has 1 unspecified atom stereocenters. The molecule has 0 aromatic carbocycles. The third kappa shape index (κ3) is 2.52. The number of hydrogen-bond acceptors (Lipinski definition) is 6. The van der Waals surface area contributed by atoms with Gasteiger partial charge < -0.3 is 10.6 Å². The lowest BCUT2D eigenvalue weighted by Gasteiger charge is -2.34.